The van der Waals surface area contributed by atoms with Crippen LogP contribution in [0.25, 0.3) is 0 Å². The summed E-state index contributed by atoms with van der Waals surface area (Å²) >= 11 is 0. The second-order valence-electron chi connectivity index (χ2n) is 9.50. The van der Waals surface area contributed by atoms with Gasteiger partial charge in [-0.15, -0.1) is 24.0 Å². The second-order valence-corrected chi connectivity index (χ2v) is 9.50. The molecule has 8 nitrogen and oxygen atoms in total. The first-order valence-electron chi connectivity index (χ1n) is 12.4. The fraction of sp³-hybridized carbons (Fsp3) is 0.750. The van der Waals surface area contributed by atoms with Crippen molar-refractivity contribution in [3.63, 3.8) is 0 Å². The van der Waals surface area contributed by atoms with Crippen molar-refractivity contribution < 1.29 is 9.21 Å². The average Bonchev–Trinajstić information content (AvgIpc) is 3.38. The monoisotopic (exact) mass is 572 g/mol. The van der Waals surface area contributed by atoms with Crippen molar-refractivity contribution in [3.05, 3.63) is 24.2 Å². The number of piperidine rings is 2. The fourth-order valence-corrected chi connectivity index (χ4v) is 5.30. The standard InChI is InChI=1S/C24H40N6O2.HI/c1-3-25-23(29-17-15-28(16-18-29)22(31)21-8-7-19-32-21)26-20-24(9-13-27(2)14-10-24)30-11-5-4-6-12-30;/h7-8,19H,3-6,9-18,20H2,1-2H3,(H,25,26);1H. The highest BCUT2D eigenvalue weighted by Gasteiger charge is 2.39. The molecule has 0 aliphatic carbocycles. The Labute approximate surface area is 215 Å². The van der Waals surface area contributed by atoms with E-state index in [0.717, 1.165) is 45.2 Å². The molecule has 3 saturated heterocycles. The maximum absolute atomic E-state index is 12.6. The van der Waals surface area contributed by atoms with Gasteiger partial charge >= 0.3 is 0 Å². The molecule has 0 bridgehead atoms. The Bertz CT molecular complexity index is 749. The van der Waals surface area contributed by atoms with Gasteiger partial charge in [-0.2, -0.15) is 0 Å². The zero-order valence-electron chi connectivity index (χ0n) is 20.3. The van der Waals surface area contributed by atoms with Gasteiger partial charge in [0.05, 0.1) is 12.8 Å². The number of halogens is 1. The zero-order valence-corrected chi connectivity index (χ0v) is 22.6. The molecule has 4 rings (SSSR count). The Kier molecular flexibility index (Phi) is 9.87. The van der Waals surface area contributed by atoms with Crippen LogP contribution < -0.4 is 5.32 Å². The summed E-state index contributed by atoms with van der Waals surface area (Å²) in [6.07, 6.45) is 7.93. The molecule has 0 saturated carbocycles. The molecule has 3 fully saturated rings. The highest BCUT2D eigenvalue weighted by Crippen LogP contribution is 2.31. The third-order valence-electron chi connectivity index (χ3n) is 7.40. The summed E-state index contributed by atoms with van der Waals surface area (Å²) < 4.78 is 5.29. The lowest BCUT2D eigenvalue weighted by atomic mass is 9.84. The van der Waals surface area contributed by atoms with Gasteiger partial charge in [-0.3, -0.25) is 14.7 Å². The van der Waals surface area contributed by atoms with Crippen molar-refractivity contribution in [2.75, 3.05) is 72.5 Å². The van der Waals surface area contributed by atoms with Crippen LogP contribution in [0.5, 0.6) is 0 Å². The van der Waals surface area contributed by atoms with E-state index in [1.54, 1.807) is 18.4 Å². The molecular formula is C24H41IN6O2. The highest BCUT2D eigenvalue weighted by molar-refractivity contribution is 14.0. The summed E-state index contributed by atoms with van der Waals surface area (Å²) in [6, 6.07) is 3.50. The molecule has 1 amide bonds. The van der Waals surface area contributed by atoms with Gasteiger partial charge in [0, 0.05) is 38.3 Å². The molecule has 4 heterocycles. The van der Waals surface area contributed by atoms with Crippen LogP contribution in [0.4, 0.5) is 0 Å². The lowest BCUT2D eigenvalue weighted by Gasteiger charge is -2.49. The minimum atomic E-state index is -0.0213. The van der Waals surface area contributed by atoms with E-state index < -0.39 is 0 Å². The van der Waals surface area contributed by atoms with Crippen LogP contribution in [0.15, 0.2) is 27.8 Å². The van der Waals surface area contributed by atoms with Crippen molar-refractivity contribution in [1.29, 1.82) is 0 Å². The van der Waals surface area contributed by atoms with Crippen molar-refractivity contribution in [1.82, 2.24) is 24.9 Å². The summed E-state index contributed by atoms with van der Waals surface area (Å²) in [4.78, 5) is 27.2. The molecule has 0 radical (unpaired) electrons. The Balaban J connectivity index is 0.00000306. The van der Waals surface area contributed by atoms with E-state index in [4.69, 9.17) is 9.41 Å². The molecule has 1 aromatic heterocycles. The molecule has 0 aromatic carbocycles. The molecular weight excluding hydrogens is 531 g/mol. The maximum Gasteiger partial charge on any atom is 0.289 e. The highest BCUT2D eigenvalue weighted by atomic mass is 127. The minimum Gasteiger partial charge on any atom is -0.459 e. The largest absolute Gasteiger partial charge is 0.459 e. The molecule has 0 unspecified atom stereocenters. The summed E-state index contributed by atoms with van der Waals surface area (Å²) in [5.41, 5.74) is 0.185. The van der Waals surface area contributed by atoms with Gasteiger partial charge in [0.1, 0.15) is 0 Å². The Hall–Kier alpha value is -1.33. The van der Waals surface area contributed by atoms with Gasteiger partial charge in [-0.1, -0.05) is 6.42 Å². The van der Waals surface area contributed by atoms with E-state index in [1.165, 1.54) is 45.2 Å². The Morgan fingerprint density at radius 3 is 2.30 bits per heavy atom. The molecule has 186 valence electrons. The van der Waals surface area contributed by atoms with E-state index in [0.29, 0.717) is 18.8 Å². The van der Waals surface area contributed by atoms with Gasteiger partial charge in [-0.05, 0) is 78.0 Å². The molecule has 9 heteroatoms. The van der Waals surface area contributed by atoms with Crippen LogP contribution in [-0.4, -0.2) is 110 Å². The van der Waals surface area contributed by atoms with Gasteiger partial charge in [0.2, 0.25) is 0 Å². The van der Waals surface area contributed by atoms with Gasteiger partial charge in [-0.25, -0.2) is 0 Å². The van der Waals surface area contributed by atoms with Gasteiger partial charge in [0.15, 0.2) is 11.7 Å². The van der Waals surface area contributed by atoms with Crippen LogP contribution in [0, 0.1) is 0 Å². The number of nitrogens with zero attached hydrogens (tertiary/aromatic N) is 5. The number of guanidine groups is 1. The fourth-order valence-electron chi connectivity index (χ4n) is 5.30. The number of amides is 1. The smallest absolute Gasteiger partial charge is 0.289 e. The predicted octanol–water partition coefficient (Wildman–Crippen LogP) is 2.57. The van der Waals surface area contributed by atoms with Crippen LogP contribution in [0.1, 0.15) is 49.6 Å². The van der Waals surface area contributed by atoms with E-state index in [1.807, 2.05) is 4.90 Å². The van der Waals surface area contributed by atoms with Crippen LogP contribution in [-0.2, 0) is 0 Å². The number of piperazine rings is 1. The third-order valence-corrected chi connectivity index (χ3v) is 7.40. The first kappa shape index (κ1) is 26.3. The summed E-state index contributed by atoms with van der Waals surface area (Å²) in [5.74, 6) is 1.39. The zero-order chi connectivity index (χ0) is 22.4. The van der Waals surface area contributed by atoms with E-state index >= 15 is 0 Å². The van der Waals surface area contributed by atoms with Crippen molar-refractivity contribution in [2.45, 2.75) is 44.6 Å². The molecule has 1 aromatic rings. The third kappa shape index (κ3) is 6.42. The SMILES string of the molecule is CCNC(=NCC1(N2CCCCC2)CCN(C)CC1)N1CCN(C(=O)c2ccco2)CC1.I. The number of carbonyl (C=O) groups excluding carboxylic acids is 1. The first-order chi connectivity index (χ1) is 15.6. The van der Waals surface area contributed by atoms with Crippen molar-refractivity contribution in [3.8, 4) is 0 Å². The molecule has 0 atom stereocenters. The molecule has 3 aliphatic rings. The van der Waals surface area contributed by atoms with Crippen LogP contribution >= 0.6 is 24.0 Å². The van der Waals surface area contributed by atoms with Crippen molar-refractivity contribution in [2.24, 2.45) is 4.99 Å². The maximum atomic E-state index is 12.6. The summed E-state index contributed by atoms with van der Waals surface area (Å²) in [5, 5.41) is 3.52. The number of likely N-dealkylation sites (tertiary alicyclic amines) is 2. The lowest BCUT2D eigenvalue weighted by Crippen LogP contribution is -2.59. The number of aliphatic imine (C=N–C) groups is 1. The number of hydrogen-bond donors (Lipinski definition) is 1. The predicted molar refractivity (Wildman–Crippen MR) is 142 cm³/mol. The van der Waals surface area contributed by atoms with Crippen LogP contribution in [0.2, 0.25) is 0 Å². The second kappa shape index (κ2) is 12.4. The number of hydrogen-bond acceptors (Lipinski definition) is 5. The number of furan rings is 1. The molecule has 1 N–H and O–H groups in total. The van der Waals surface area contributed by atoms with Crippen LogP contribution in [0.3, 0.4) is 0 Å². The van der Waals surface area contributed by atoms with Gasteiger partial charge < -0.3 is 24.4 Å². The number of rotatable bonds is 5. The van der Waals surface area contributed by atoms with Gasteiger partial charge in [0.25, 0.3) is 5.91 Å². The average molecular weight is 573 g/mol. The normalized spacial score (nSPS) is 22.7. The number of nitrogens with one attached hydrogen (secondary N) is 1. The topological polar surface area (TPSA) is 67.6 Å². The van der Waals surface area contributed by atoms with Crippen molar-refractivity contribution >= 4 is 35.8 Å². The molecule has 3 aliphatic heterocycles. The summed E-state index contributed by atoms with van der Waals surface area (Å²) in [7, 11) is 2.23. The lowest BCUT2D eigenvalue weighted by molar-refractivity contribution is 0.0206. The van der Waals surface area contributed by atoms with E-state index in [9.17, 15) is 4.79 Å². The first-order valence-corrected chi connectivity index (χ1v) is 12.4. The van der Waals surface area contributed by atoms with E-state index in [2.05, 4.69) is 34.0 Å². The Morgan fingerprint density at radius 1 is 1.03 bits per heavy atom. The molecule has 33 heavy (non-hydrogen) atoms. The number of carbonyl (C=O) groups is 1. The minimum absolute atomic E-state index is 0. The summed E-state index contributed by atoms with van der Waals surface area (Å²) in [6.45, 7) is 11.5. The van der Waals surface area contributed by atoms with E-state index in [-0.39, 0.29) is 35.4 Å². The molecule has 0 spiro atoms. The Morgan fingerprint density at radius 2 is 1.70 bits per heavy atom. The quantitative estimate of drug-likeness (QED) is 0.333.